The molecular weight excluding hydrogens is 598 g/mol. The summed E-state index contributed by atoms with van der Waals surface area (Å²) < 4.78 is 5.84. The summed E-state index contributed by atoms with van der Waals surface area (Å²) in [5.74, 6) is -0.508. The third-order valence-electron chi connectivity index (χ3n) is 6.28. The molecule has 5 aromatic carbocycles. The van der Waals surface area contributed by atoms with Crippen LogP contribution in [0, 0.1) is 13.8 Å². The van der Waals surface area contributed by atoms with Crippen LogP contribution in [-0.4, -0.2) is 18.2 Å². The number of carboxylic acid groups (broad SMARTS) is 1. The van der Waals surface area contributed by atoms with Crippen molar-refractivity contribution in [2.75, 3.05) is 17.3 Å². The van der Waals surface area contributed by atoms with Crippen LogP contribution < -0.4 is 49.6 Å². The molecule has 0 bridgehead atoms. The van der Waals surface area contributed by atoms with Gasteiger partial charge in [0.2, 0.25) is 0 Å². The first-order valence-corrected chi connectivity index (χ1v) is 13.8. The third kappa shape index (κ3) is 8.48. The molecule has 1 N–H and O–H groups in total. The van der Waals surface area contributed by atoms with Crippen molar-refractivity contribution >= 4 is 74.4 Å². The van der Waals surface area contributed by atoms with Crippen LogP contribution >= 0.6 is 35.4 Å². The van der Waals surface area contributed by atoms with E-state index in [4.69, 9.17) is 40.2 Å². The molecule has 0 aromatic heterocycles. The van der Waals surface area contributed by atoms with Crippen LogP contribution in [0.1, 0.15) is 21.5 Å². The number of hydrogen-bond donors (Lipinski definition) is 1. The number of halogens is 2. The third-order valence-corrected chi connectivity index (χ3v) is 7.44. The van der Waals surface area contributed by atoms with Crippen LogP contribution in [0.15, 0.2) is 103 Å². The summed E-state index contributed by atoms with van der Waals surface area (Å²) in [4.78, 5) is 12.9. The van der Waals surface area contributed by atoms with E-state index in [0.29, 0.717) is 26.6 Å². The van der Waals surface area contributed by atoms with E-state index in [2.05, 4.69) is 36.5 Å². The standard InChI is InChI=1S/C19H17NOS.C14H11Cl2NO2.Na/c1-14-6-5-9-17(12-14)20(2)19(22)21-18-11-10-15-7-3-4-8-16(15)13-18;1-8-6-7-10(15)13(12(8)16)17-11-5-3-2-4-9(11)14(18)19;/h3-13H,1-2H3;2-7,17H,1H3,(H,18,19);/q;;+1/p-1. The Bertz CT molecular complexity index is 1730. The predicted octanol–water partition coefficient (Wildman–Crippen LogP) is 5.36. The minimum absolute atomic E-state index is 0. The minimum Gasteiger partial charge on any atom is -0.545 e. The summed E-state index contributed by atoms with van der Waals surface area (Å²) in [5, 5.41) is 17.6. The Kier molecular flexibility index (Phi) is 12.2. The van der Waals surface area contributed by atoms with Gasteiger partial charge in [-0.2, -0.15) is 0 Å². The van der Waals surface area contributed by atoms with Gasteiger partial charge in [0.25, 0.3) is 5.17 Å². The van der Waals surface area contributed by atoms with Gasteiger partial charge in [-0.3, -0.25) is 0 Å². The molecule has 0 saturated carbocycles. The largest absolute Gasteiger partial charge is 1.00 e. The van der Waals surface area contributed by atoms with Gasteiger partial charge in [0.05, 0.1) is 21.7 Å². The van der Waals surface area contributed by atoms with Gasteiger partial charge < -0.3 is 24.9 Å². The van der Waals surface area contributed by atoms with Gasteiger partial charge in [-0.15, -0.1) is 0 Å². The number of rotatable bonds is 5. The smallest absolute Gasteiger partial charge is 0.545 e. The maximum Gasteiger partial charge on any atom is 1.00 e. The average molecular weight is 626 g/mol. The van der Waals surface area contributed by atoms with Gasteiger partial charge in [0, 0.05) is 24.0 Å². The maximum atomic E-state index is 11.0. The Balaban J connectivity index is 0.000000228. The number of aromatic carboxylic acids is 1. The molecule has 0 aliphatic carbocycles. The average Bonchev–Trinajstić information content (AvgIpc) is 2.97. The first-order chi connectivity index (χ1) is 19.6. The molecule has 0 atom stereocenters. The van der Waals surface area contributed by atoms with Crippen molar-refractivity contribution in [2.45, 2.75) is 13.8 Å². The fraction of sp³-hybridized carbons (Fsp3) is 0.0909. The molecular formula is C33H27Cl2N2NaO3S. The van der Waals surface area contributed by atoms with Gasteiger partial charge in [0.1, 0.15) is 5.75 Å². The molecule has 0 fully saturated rings. The number of carbonyl (C=O) groups excluding carboxylic acids is 1. The van der Waals surface area contributed by atoms with Crippen molar-refractivity contribution in [2.24, 2.45) is 0 Å². The number of nitrogens with one attached hydrogen (secondary N) is 1. The summed E-state index contributed by atoms with van der Waals surface area (Å²) in [6.45, 7) is 3.90. The van der Waals surface area contributed by atoms with Crippen molar-refractivity contribution in [1.29, 1.82) is 0 Å². The second-order valence-electron chi connectivity index (χ2n) is 9.29. The van der Waals surface area contributed by atoms with E-state index in [0.717, 1.165) is 22.4 Å². The van der Waals surface area contributed by atoms with E-state index in [1.54, 1.807) is 30.3 Å². The van der Waals surface area contributed by atoms with E-state index in [1.807, 2.05) is 61.3 Å². The quantitative estimate of drug-likeness (QED) is 0.210. The number of ether oxygens (including phenoxy) is 1. The Morgan fingerprint density at radius 3 is 2.26 bits per heavy atom. The zero-order valence-electron chi connectivity index (χ0n) is 23.7. The number of anilines is 3. The number of thiocarbonyl (C=S) groups is 1. The van der Waals surface area contributed by atoms with Crippen LogP contribution in [0.25, 0.3) is 10.8 Å². The van der Waals surface area contributed by atoms with Gasteiger partial charge >= 0.3 is 29.6 Å². The van der Waals surface area contributed by atoms with Crippen LogP contribution in [0.4, 0.5) is 17.1 Å². The first kappa shape index (κ1) is 33.4. The molecule has 5 rings (SSSR count). The van der Waals surface area contributed by atoms with E-state index >= 15 is 0 Å². The molecule has 0 heterocycles. The Morgan fingerprint density at radius 2 is 1.55 bits per heavy atom. The zero-order chi connectivity index (χ0) is 29.5. The predicted molar refractivity (Wildman–Crippen MR) is 172 cm³/mol. The monoisotopic (exact) mass is 624 g/mol. The number of carboxylic acids is 1. The minimum atomic E-state index is -1.26. The van der Waals surface area contributed by atoms with Crippen molar-refractivity contribution in [1.82, 2.24) is 0 Å². The van der Waals surface area contributed by atoms with Crippen LogP contribution in [0.3, 0.4) is 0 Å². The van der Waals surface area contributed by atoms with Crippen molar-refractivity contribution in [3.63, 3.8) is 0 Å². The molecule has 0 spiro atoms. The maximum absolute atomic E-state index is 11.0. The first-order valence-electron chi connectivity index (χ1n) is 12.7. The molecule has 9 heteroatoms. The summed E-state index contributed by atoms with van der Waals surface area (Å²) in [7, 11) is 1.91. The normalized spacial score (nSPS) is 10.1. The fourth-order valence-corrected chi connectivity index (χ4v) is 4.68. The summed E-state index contributed by atoms with van der Waals surface area (Å²) in [5.41, 5.74) is 3.98. The number of benzene rings is 5. The molecule has 0 saturated heterocycles. The van der Waals surface area contributed by atoms with Gasteiger partial charge in [0.15, 0.2) is 0 Å². The van der Waals surface area contributed by atoms with Crippen LogP contribution in [0.2, 0.25) is 10.0 Å². The summed E-state index contributed by atoms with van der Waals surface area (Å²) in [6, 6.07) is 32.3. The summed E-state index contributed by atoms with van der Waals surface area (Å²) >= 11 is 17.7. The number of para-hydroxylation sites is 1. The molecule has 5 aromatic rings. The number of aryl methyl sites for hydroxylation is 2. The molecule has 0 amide bonds. The topological polar surface area (TPSA) is 64.6 Å². The molecule has 5 nitrogen and oxygen atoms in total. The summed E-state index contributed by atoms with van der Waals surface area (Å²) in [6.07, 6.45) is 0. The zero-order valence-corrected chi connectivity index (χ0v) is 28.0. The second-order valence-corrected chi connectivity index (χ2v) is 10.4. The van der Waals surface area contributed by atoms with Gasteiger partial charge in [-0.25, -0.2) is 0 Å². The Hall–Kier alpha value is -3.10. The van der Waals surface area contributed by atoms with Crippen LogP contribution in [-0.2, 0) is 0 Å². The molecule has 208 valence electrons. The van der Waals surface area contributed by atoms with E-state index in [-0.39, 0.29) is 35.1 Å². The number of carbonyl (C=O) groups is 1. The van der Waals surface area contributed by atoms with Crippen molar-refractivity contribution in [3.8, 4) is 5.75 Å². The fourth-order valence-electron chi connectivity index (χ4n) is 4.02. The Morgan fingerprint density at radius 1 is 0.857 bits per heavy atom. The SMILES string of the molecule is Cc1ccc(Cl)c(Nc2ccccc2C(=O)[O-])c1Cl.Cc1cccc(N(C)C(=S)Oc2ccc3ccccc3c2)c1.[Na+]. The van der Waals surface area contributed by atoms with Crippen molar-refractivity contribution in [3.05, 3.63) is 130 Å². The van der Waals surface area contributed by atoms with Crippen LogP contribution in [0.5, 0.6) is 5.75 Å². The number of fused-ring (bicyclic) bond motifs is 1. The van der Waals surface area contributed by atoms with E-state index < -0.39 is 5.97 Å². The van der Waals surface area contributed by atoms with E-state index in [1.165, 1.54) is 17.0 Å². The van der Waals surface area contributed by atoms with Gasteiger partial charge in [-0.1, -0.05) is 89.9 Å². The Labute approximate surface area is 283 Å². The molecule has 0 radical (unpaired) electrons. The molecule has 42 heavy (non-hydrogen) atoms. The molecule has 0 aliphatic rings. The second kappa shape index (κ2) is 15.4. The van der Waals surface area contributed by atoms with Crippen molar-refractivity contribution < 1.29 is 44.2 Å². The molecule has 0 unspecified atom stereocenters. The number of hydrogen-bond acceptors (Lipinski definition) is 5. The molecule has 0 aliphatic heterocycles. The van der Waals surface area contributed by atoms with E-state index in [9.17, 15) is 9.90 Å². The number of nitrogens with zero attached hydrogens (tertiary/aromatic N) is 1. The van der Waals surface area contributed by atoms with Gasteiger partial charge in [-0.05, 0) is 84.4 Å².